The highest BCUT2D eigenvalue weighted by Crippen LogP contribution is 2.58. The molecule has 1 unspecified atom stereocenters. The third kappa shape index (κ3) is 1.90. The molecular formula is C20H21NO4. The summed E-state index contributed by atoms with van der Waals surface area (Å²) in [7, 11) is 0. The minimum atomic E-state index is -0.738. The van der Waals surface area contributed by atoms with Gasteiger partial charge in [-0.2, -0.15) is 0 Å². The number of imide groups is 1. The molecule has 3 saturated heterocycles. The number of ether oxygens (including phenoxy) is 1. The van der Waals surface area contributed by atoms with Gasteiger partial charge in [-0.1, -0.05) is 31.0 Å². The van der Waals surface area contributed by atoms with Crippen molar-refractivity contribution in [3.8, 4) is 0 Å². The molecule has 25 heavy (non-hydrogen) atoms. The first-order chi connectivity index (χ1) is 12.1. The van der Waals surface area contributed by atoms with E-state index in [-0.39, 0.29) is 23.5 Å². The number of para-hydroxylation sites is 1. The van der Waals surface area contributed by atoms with Crippen LogP contribution in [-0.2, 0) is 19.1 Å². The minimum absolute atomic E-state index is 0.00247. The zero-order valence-corrected chi connectivity index (χ0v) is 14.0. The fourth-order valence-electron chi connectivity index (χ4n) is 5.64. The van der Waals surface area contributed by atoms with Gasteiger partial charge in [-0.15, -0.1) is 0 Å². The fourth-order valence-corrected chi connectivity index (χ4v) is 5.64. The molecule has 1 spiro atoms. The second-order valence-electron chi connectivity index (χ2n) is 7.79. The van der Waals surface area contributed by atoms with Crippen molar-refractivity contribution in [2.24, 2.45) is 17.8 Å². The van der Waals surface area contributed by atoms with Crippen LogP contribution in [0, 0.1) is 17.8 Å². The van der Waals surface area contributed by atoms with Crippen molar-refractivity contribution in [1.29, 1.82) is 0 Å². The van der Waals surface area contributed by atoms with Crippen molar-refractivity contribution in [1.82, 2.24) is 0 Å². The summed E-state index contributed by atoms with van der Waals surface area (Å²) >= 11 is 0. The van der Waals surface area contributed by atoms with Gasteiger partial charge in [0.05, 0.1) is 23.1 Å². The molecule has 1 saturated carbocycles. The molecule has 0 radical (unpaired) electrons. The molecule has 1 aromatic rings. The van der Waals surface area contributed by atoms with Crippen LogP contribution in [0.3, 0.4) is 0 Å². The Morgan fingerprint density at radius 2 is 1.80 bits per heavy atom. The smallest absolute Gasteiger partial charge is 0.240 e. The molecule has 5 rings (SSSR count). The van der Waals surface area contributed by atoms with Crippen LogP contribution in [0.1, 0.15) is 38.5 Å². The number of hydrogen-bond acceptors (Lipinski definition) is 4. The molecule has 3 aliphatic heterocycles. The van der Waals surface area contributed by atoms with Crippen molar-refractivity contribution in [3.05, 3.63) is 30.3 Å². The SMILES string of the molecule is O=C1CCC2CCCC[C@@]23O[C@@H]1[C@@H]1C(=O)N(c2ccccc2)C(=O)[C@@H]13. The number of fused-ring (bicyclic) bond motifs is 3. The molecule has 0 N–H and O–H groups in total. The minimum Gasteiger partial charge on any atom is -0.362 e. The van der Waals surface area contributed by atoms with Gasteiger partial charge in [0.1, 0.15) is 6.10 Å². The van der Waals surface area contributed by atoms with Crippen LogP contribution in [0.5, 0.6) is 0 Å². The predicted molar refractivity (Wildman–Crippen MR) is 89.7 cm³/mol. The van der Waals surface area contributed by atoms with Crippen molar-refractivity contribution >= 4 is 23.3 Å². The summed E-state index contributed by atoms with van der Waals surface area (Å²) in [6.45, 7) is 0. The maximum absolute atomic E-state index is 13.3. The van der Waals surface area contributed by atoms with Gasteiger partial charge in [0.25, 0.3) is 0 Å². The fraction of sp³-hybridized carbons (Fsp3) is 0.550. The zero-order chi connectivity index (χ0) is 17.2. The van der Waals surface area contributed by atoms with Crippen LogP contribution in [0.4, 0.5) is 5.69 Å². The lowest BCUT2D eigenvalue weighted by Gasteiger charge is -2.43. The second-order valence-corrected chi connectivity index (χ2v) is 7.79. The third-order valence-electron chi connectivity index (χ3n) is 6.68. The van der Waals surface area contributed by atoms with E-state index in [2.05, 4.69) is 0 Å². The topological polar surface area (TPSA) is 63.7 Å². The molecule has 130 valence electrons. The molecule has 1 aliphatic carbocycles. The van der Waals surface area contributed by atoms with E-state index >= 15 is 0 Å². The summed E-state index contributed by atoms with van der Waals surface area (Å²) < 4.78 is 6.30. The largest absolute Gasteiger partial charge is 0.362 e. The van der Waals surface area contributed by atoms with Crippen LogP contribution in [0.2, 0.25) is 0 Å². The lowest BCUT2D eigenvalue weighted by molar-refractivity contribution is -0.149. The highest BCUT2D eigenvalue weighted by molar-refractivity contribution is 6.24. The van der Waals surface area contributed by atoms with Crippen molar-refractivity contribution in [2.75, 3.05) is 4.90 Å². The molecule has 2 amide bonds. The Hall–Kier alpha value is -2.01. The van der Waals surface area contributed by atoms with Gasteiger partial charge < -0.3 is 4.74 Å². The van der Waals surface area contributed by atoms with E-state index in [1.165, 1.54) is 4.90 Å². The highest BCUT2D eigenvalue weighted by atomic mass is 16.5. The van der Waals surface area contributed by atoms with E-state index in [1.54, 1.807) is 12.1 Å². The second kappa shape index (κ2) is 5.24. The Kier molecular flexibility index (Phi) is 3.20. The number of amides is 2. The van der Waals surface area contributed by atoms with Crippen molar-refractivity contribution < 1.29 is 19.1 Å². The average Bonchev–Trinajstić information content (AvgIpc) is 3.04. The van der Waals surface area contributed by atoms with Gasteiger partial charge >= 0.3 is 0 Å². The Bertz CT molecular complexity index is 760. The first-order valence-electron chi connectivity index (χ1n) is 9.27. The number of Topliss-reactive ketones (excluding diaryl/α,β-unsaturated/α-hetero) is 1. The summed E-state index contributed by atoms with van der Waals surface area (Å²) in [6.07, 6.45) is 4.38. The average molecular weight is 339 g/mol. The molecule has 4 aliphatic rings. The number of anilines is 1. The number of rotatable bonds is 1. The monoisotopic (exact) mass is 339 g/mol. The Balaban J connectivity index is 1.63. The van der Waals surface area contributed by atoms with E-state index in [0.717, 1.165) is 32.1 Å². The first-order valence-corrected chi connectivity index (χ1v) is 9.27. The van der Waals surface area contributed by atoms with Gasteiger partial charge in [-0.25, -0.2) is 4.90 Å². The van der Waals surface area contributed by atoms with Gasteiger partial charge in [-0.05, 0) is 37.3 Å². The summed E-state index contributed by atoms with van der Waals surface area (Å²) in [4.78, 5) is 40.4. The Morgan fingerprint density at radius 3 is 2.60 bits per heavy atom. The normalized spacial score (nSPS) is 40.0. The van der Waals surface area contributed by atoms with Gasteiger partial charge in [0, 0.05) is 6.42 Å². The maximum atomic E-state index is 13.3. The molecule has 3 heterocycles. The first kappa shape index (κ1) is 15.3. The van der Waals surface area contributed by atoms with E-state index in [1.807, 2.05) is 18.2 Å². The van der Waals surface area contributed by atoms with Gasteiger partial charge in [-0.3, -0.25) is 14.4 Å². The third-order valence-corrected chi connectivity index (χ3v) is 6.68. The molecule has 5 atom stereocenters. The standard InChI is InChI=1S/C20H21NO4/c22-14-10-9-12-6-4-5-11-20(12)16-15(17(14)25-20)18(23)21(19(16)24)13-7-2-1-3-8-13/h1-3,7-8,12,15-17H,4-6,9-11H2/t12?,15-,16-,17+,20-/m1/s1. The summed E-state index contributed by atoms with van der Waals surface area (Å²) in [5.41, 5.74) is -0.0180. The molecule has 5 heteroatoms. The number of carbonyl (C=O) groups is 3. The lowest BCUT2D eigenvalue weighted by atomic mass is 9.64. The zero-order valence-electron chi connectivity index (χ0n) is 14.0. The van der Waals surface area contributed by atoms with Crippen LogP contribution in [-0.4, -0.2) is 29.3 Å². The maximum Gasteiger partial charge on any atom is 0.240 e. The molecule has 2 bridgehead atoms. The van der Waals surface area contributed by atoms with E-state index in [0.29, 0.717) is 12.1 Å². The van der Waals surface area contributed by atoms with Crippen LogP contribution >= 0.6 is 0 Å². The quantitative estimate of drug-likeness (QED) is 0.738. The van der Waals surface area contributed by atoms with E-state index < -0.39 is 23.5 Å². The molecule has 1 aromatic carbocycles. The number of carbonyl (C=O) groups excluding carboxylic acids is 3. The van der Waals surface area contributed by atoms with E-state index in [4.69, 9.17) is 4.74 Å². The number of hydrogen-bond donors (Lipinski definition) is 0. The summed E-state index contributed by atoms with van der Waals surface area (Å²) in [5.74, 6) is -1.37. The Labute approximate surface area is 146 Å². The van der Waals surface area contributed by atoms with Crippen LogP contribution in [0.25, 0.3) is 0 Å². The predicted octanol–water partition coefficient (Wildman–Crippen LogP) is 2.48. The number of benzene rings is 1. The summed E-state index contributed by atoms with van der Waals surface area (Å²) in [5, 5.41) is 0. The summed E-state index contributed by atoms with van der Waals surface area (Å²) in [6, 6.07) is 9.05. The van der Waals surface area contributed by atoms with Crippen molar-refractivity contribution in [3.63, 3.8) is 0 Å². The molecule has 5 nitrogen and oxygen atoms in total. The van der Waals surface area contributed by atoms with Gasteiger partial charge in [0.2, 0.25) is 11.8 Å². The Morgan fingerprint density at radius 1 is 1.00 bits per heavy atom. The highest BCUT2D eigenvalue weighted by Gasteiger charge is 2.70. The van der Waals surface area contributed by atoms with Crippen LogP contribution in [0.15, 0.2) is 30.3 Å². The number of nitrogens with zero attached hydrogens (tertiary/aromatic N) is 1. The number of ketones is 1. The lowest BCUT2D eigenvalue weighted by Crippen LogP contribution is -2.49. The van der Waals surface area contributed by atoms with Crippen molar-refractivity contribution in [2.45, 2.75) is 50.2 Å². The van der Waals surface area contributed by atoms with E-state index in [9.17, 15) is 14.4 Å². The molecule has 4 fully saturated rings. The molecule has 0 aromatic heterocycles. The van der Waals surface area contributed by atoms with Crippen LogP contribution < -0.4 is 4.90 Å². The molecular weight excluding hydrogens is 318 g/mol. The van der Waals surface area contributed by atoms with Gasteiger partial charge in [0.15, 0.2) is 5.78 Å².